The monoisotopic (exact) mass is 674 g/mol. The Balaban J connectivity index is 1.12. The van der Waals surface area contributed by atoms with Gasteiger partial charge >= 0.3 is 0 Å². The van der Waals surface area contributed by atoms with Gasteiger partial charge in [-0.25, -0.2) is 0 Å². The van der Waals surface area contributed by atoms with Gasteiger partial charge in [0.25, 0.3) is 0 Å². The van der Waals surface area contributed by atoms with E-state index in [0.29, 0.717) is 0 Å². The Labute approximate surface area is 311 Å². The third-order valence-electron chi connectivity index (χ3n) is 11.5. The summed E-state index contributed by atoms with van der Waals surface area (Å²) in [6.07, 6.45) is 4.49. The second-order valence-electron chi connectivity index (χ2n) is 14.8. The number of hydrogen-bond donors (Lipinski definition) is 0. The lowest BCUT2D eigenvalue weighted by Crippen LogP contribution is -2.14. The molecule has 0 atom stereocenters. The van der Waals surface area contributed by atoms with E-state index < -0.39 is 0 Å². The summed E-state index contributed by atoms with van der Waals surface area (Å²) >= 11 is 0. The largest absolute Gasteiger partial charge is 0.0622 e. The molecule has 53 heavy (non-hydrogen) atoms. The van der Waals surface area contributed by atoms with Crippen LogP contribution in [0.5, 0.6) is 0 Å². The maximum absolute atomic E-state index is 2.47. The van der Waals surface area contributed by atoms with Gasteiger partial charge in [-0.2, -0.15) is 0 Å². The zero-order valence-electron chi connectivity index (χ0n) is 30.0. The Hall–Kier alpha value is -6.50. The van der Waals surface area contributed by atoms with Crippen LogP contribution in [0.2, 0.25) is 0 Å². The molecule has 0 saturated heterocycles. The molecule has 250 valence electrons. The fraction of sp³-hybridized carbons (Fsp3) is 0.0566. The van der Waals surface area contributed by atoms with E-state index in [4.69, 9.17) is 0 Å². The molecule has 10 rings (SSSR count). The van der Waals surface area contributed by atoms with E-state index in [-0.39, 0.29) is 5.41 Å². The predicted octanol–water partition coefficient (Wildman–Crippen LogP) is 14.6. The summed E-state index contributed by atoms with van der Waals surface area (Å²) < 4.78 is 0. The molecule has 0 N–H and O–H groups in total. The van der Waals surface area contributed by atoms with Crippen LogP contribution < -0.4 is 0 Å². The van der Waals surface area contributed by atoms with Crippen LogP contribution in [0.3, 0.4) is 0 Å². The van der Waals surface area contributed by atoms with E-state index in [9.17, 15) is 0 Å². The third-order valence-corrected chi connectivity index (χ3v) is 11.5. The molecular formula is C53H38. The van der Waals surface area contributed by atoms with E-state index in [1.807, 2.05) is 0 Å². The van der Waals surface area contributed by atoms with Crippen LogP contribution in [0, 0.1) is 0 Å². The molecule has 0 aromatic heterocycles. The van der Waals surface area contributed by atoms with Crippen LogP contribution >= 0.6 is 0 Å². The highest BCUT2D eigenvalue weighted by atomic mass is 14.4. The summed E-state index contributed by atoms with van der Waals surface area (Å²) in [5.41, 5.74) is 15.4. The Bertz CT molecular complexity index is 2830. The standard InChI is InChI=1S/C53H38/c1-53(2)49-23-13-12-18-42(49)43-32-31-39(34-50(43)53)51-44-19-8-10-21-46(44)52(47-22-11-9-20-45(47)51)48-33-30-38(40-16-6-7-17-41(40)48)29-26-35-24-27-37(28-25-35)36-14-4-3-5-15-36/h3-34H,1-2H3/b29-26+. The molecule has 1 aliphatic rings. The zero-order valence-corrected chi connectivity index (χ0v) is 30.0. The number of benzene rings is 9. The van der Waals surface area contributed by atoms with Gasteiger partial charge < -0.3 is 0 Å². The van der Waals surface area contributed by atoms with Crippen LogP contribution in [-0.2, 0) is 5.41 Å². The summed E-state index contributed by atoms with van der Waals surface area (Å²) in [5.74, 6) is 0. The molecule has 9 aromatic rings. The Kier molecular flexibility index (Phi) is 7.27. The molecule has 0 bridgehead atoms. The van der Waals surface area contributed by atoms with Gasteiger partial charge in [-0.1, -0.05) is 202 Å². The highest BCUT2D eigenvalue weighted by molar-refractivity contribution is 6.24. The first kappa shape index (κ1) is 31.3. The first-order valence-electron chi connectivity index (χ1n) is 18.6. The molecule has 0 radical (unpaired) electrons. The van der Waals surface area contributed by atoms with Crippen LogP contribution in [0.15, 0.2) is 182 Å². The topological polar surface area (TPSA) is 0 Å². The van der Waals surface area contributed by atoms with Gasteiger partial charge in [0.2, 0.25) is 0 Å². The molecule has 0 heteroatoms. The third kappa shape index (κ3) is 5.06. The van der Waals surface area contributed by atoms with E-state index in [2.05, 4.69) is 208 Å². The fourth-order valence-corrected chi connectivity index (χ4v) is 8.88. The first-order chi connectivity index (χ1) is 26.1. The van der Waals surface area contributed by atoms with Crippen molar-refractivity contribution in [2.45, 2.75) is 19.3 Å². The van der Waals surface area contributed by atoms with Gasteiger partial charge in [0.1, 0.15) is 0 Å². The van der Waals surface area contributed by atoms with E-state index in [0.717, 1.165) is 0 Å². The Morgan fingerprint density at radius 2 is 0.849 bits per heavy atom. The summed E-state index contributed by atoms with van der Waals surface area (Å²) in [6, 6.07) is 67.0. The number of hydrogen-bond acceptors (Lipinski definition) is 0. The van der Waals surface area contributed by atoms with Crippen molar-refractivity contribution in [1.29, 1.82) is 0 Å². The summed E-state index contributed by atoms with van der Waals surface area (Å²) in [7, 11) is 0. The second-order valence-corrected chi connectivity index (χ2v) is 14.8. The average Bonchev–Trinajstić information content (AvgIpc) is 3.45. The molecule has 0 amide bonds. The Morgan fingerprint density at radius 3 is 1.55 bits per heavy atom. The van der Waals surface area contributed by atoms with E-state index in [1.165, 1.54) is 99.1 Å². The van der Waals surface area contributed by atoms with Gasteiger partial charge in [-0.05, 0) is 105 Å². The minimum absolute atomic E-state index is 0.0613. The van der Waals surface area contributed by atoms with Gasteiger partial charge in [0, 0.05) is 5.41 Å². The molecule has 0 spiro atoms. The van der Waals surface area contributed by atoms with Gasteiger partial charge in [0.05, 0.1) is 0 Å². The molecule has 1 aliphatic carbocycles. The smallest absolute Gasteiger partial charge is 0.0159 e. The summed E-state index contributed by atoms with van der Waals surface area (Å²) in [6.45, 7) is 4.73. The molecule has 9 aromatic carbocycles. The minimum atomic E-state index is -0.0613. The molecule has 0 unspecified atom stereocenters. The van der Waals surface area contributed by atoms with E-state index >= 15 is 0 Å². The minimum Gasteiger partial charge on any atom is -0.0622 e. The lowest BCUT2D eigenvalue weighted by molar-refractivity contribution is 0.660. The van der Waals surface area contributed by atoms with Crippen LogP contribution in [-0.4, -0.2) is 0 Å². The Morgan fingerprint density at radius 1 is 0.340 bits per heavy atom. The van der Waals surface area contributed by atoms with Crippen molar-refractivity contribution in [3.63, 3.8) is 0 Å². The average molecular weight is 675 g/mol. The van der Waals surface area contributed by atoms with Crippen molar-refractivity contribution >= 4 is 44.5 Å². The SMILES string of the molecule is CC1(C)c2ccccc2-c2ccc(-c3c4ccccc4c(-c4ccc(/C=C/c5ccc(-c6ccccc6)cc5)c5ccccc45)c4ccccc34)cc21. The number of fused-ring (bicyclic) bond motifs is 6. The van der Waals surface area contributed by atoms with Crippen molar-refractivity contribution in [2.24, 2.45) is 0 Å². The number of rotatable bonds is 5. The van der Waals surface area contributed by atoms with Crippen molar-refractivity contribution in [3.05, 3.63) is 204 Å². The molecular weight excluding hydrogens is 637 g/mol. The van der Waals surface area contributed by atoms with Crippen molar-refractivity contribution in [3.8, 4) is 44.5 Å². The summed E-state index contributed by atoms with van der Waals surface area (Å²) in [4.78, 5) is 0. The highest BCUT2D eigenvalue weighted by Crippen LogP contribution is 2.51. The highest BCUT2D eigenvalue weighted by Gasteiger charge is 2.35. The fourth-order valence-electron chi connectivity index (χ4n) is 8.88. The maximum Gasteiger partial charge on any atom is 0.0159 e. The molecule has 0 heterocycles. The lowest BCUT2D eigenvalue weighted by atomic mass is 9.80. The van der Waals surface area contributed by atoms with E-state index in [1.54, 1.807) is 0 Å². The normalized spacial score (nSPS) is 13.2. The molecule has 0 aliphatic heterocycles. The van der Waals surface area contributed by atoms with Crippen molar-refractivity contribution in [2.75, 3.05) is 0 Å². The first-order valence-corrected chi connectivity index (χ1v) is 18.6. The zero-order chi connectivity index (χ0) is 35.5. The van der Waals surface area contributed by atoms with Gasteiger partial charge in [-0.15, -0.1) is 0 Å². The van der Waals surface area contributed by atoms with Crippen molar-refractivity contribution in [1.82, 2.24) is 0 Å². The predicted molar refractivity (Wildman–Crippen MR) is 228 cm³/mol. The van der Waals surface area contributed by atoms with Gasteiger partial charge in [-0.3, -0.25) is 0 Å². The second kappa shape index (κ2) is 12.3. The molecule has 0 saturated carbocycles. The van der Waals surface area contributed by atoms with Gasteiger partial charge in [0.15, 0.2) is 0 Å². The van der Waals surface area contributed by atoms with Crippen LogP contribution in [0.25, 0.3) is 89.0 Å². The summed E-state index contributed by atoms with van der Waals surface area (Å²) in [5, 5.41) is 7.62. The van der Waals surface area contributed by atoms with Crippen LogP contribution in [0.4, 0.5) is 0 Å². The lowest BCUT2D eigenvalue weighted by Gasteiger charge is -2.23. The van der Waals surface area contributed by atoms with Crippen LogP contribution in [0.1, 0.15) is 36.1 Å². The van der Waals surface area contributed by atoms with Crippen molar-refractivity contribution < 1.29 is 0 Å². The molecule has 0 fully saturated rings. The quantitative estimate of drug-likeness (QED) is 0.126. The maximum atomic E-state index is 2.47. The molecule has 0 nitrogen and oxygen atoms in total.